The molecule has 1 N–H and O–H groups in total. The fourth-order valence-corrected chi connectivity index (χ4v) is 1.37. The Balaban J connectivity index is 2.66. The van der Waals surface area contributed by atoms with E-state index in [0.29, 0.717) is 0 Å². The number of alkyl halides is 2. The minimum atomic E-state index is -5.95. The van der Waals surface area contributed by atoms with E-state index in [9.17, 15) is 31.3 Å². The van der Waals surface area contributed by atoms with Gasteiger partial charge in [-0.1, -0.05) is 12.6 Å². The van der Waals surface area contributed by atoms with E-state index in [-0.39, 0.29) is 11.4 Å². The van der Waals surface area contributed by atoms with Gasteiger partial charge < -0.3 is 14.0 Å². The zero-order valence-electron chi connectivity index (χ0n) is 11.3. The average molecular weight is 350 g/mol. The normalized spacial score (nSPS) is 11.4. The van der Waals surface area contributed by atoms with Crippen LogP contribution in [0, 0.1) is 0 Å². The summed E-state index contributed by atoms with van der Waals surface area (Å²) in [7, 11) is -5.95. The smallest absolute Gasteiger partial charge is 0.411 e. The zero-order valence-corrected chi connectivity index (χ0v) is 12.1. The molecule has 0 aliphatic heterocycles. The molecule has 11 heteroatoms. The Morgan fingerprint density at radius 2 is 2.04 bits per heavy atom. The molecule has 0 heterocycles. The summed E-state index contributed by atoms with van der Waals surface area (Å²) in [6.45, 7) is 1.25. The summed E-state index contributed by atoms with van der Waals surface area (Å²) in [6.07, 6.45) is -0.527. The lowest BCUT2D eigenvalue weighted by molar-refractivity contribution is -0.128. The van der Waals surface area contributed by atoms with Crippen LogP contribution in [0.3, 0.4) is 0 Å². The van der Waals surface area contributed by atoms with Crippen molar-refractivity contribution in [2.75, 3.05) is 11.9 Å². The molecule has 8 nitrogen and oxygen atoms in total. The molecule has 0 saturated carbocycles. The van der Waals surface area contributed by atoms with Crippen molar-refractivity contribution in [2.45, 2.75) is 5.25 Å². The van der Waals surface area contributed by atoms with E-state index in [1.54, 1.807) is 0 Å². The number of hydrogen-bond donors (Lipinski definition) is 1. The van der Waals surface area contributed by atoms with E-state index in [2.05, 4.69) is 11.3 Å². The summed E-state index contributed by atoms with van der Waals surface area (Å²) in [4.78, 5) is 22.3. The molecular weight excluding hydrogens is 340 g/mol. The third-order valence-corrected chi connectivity index (χ3v) is 3.05. The number of carbonyl (C=O) groups is 2. The predicted octanol–water partition coefficient (Wildman–Crippen LogP) is 1.46. The number of hydrogen-bond acceptors (Lipinski definition) is 7. The lowest BCUT2D eigenvalue weighted by Gasteiger charge is -2.19. The van der Waals surface area contributed by atoms with E-state index < -0.39 is 34.0 Å². The van der Waals surface area contributed by atoms with Crippen molar-refractivity contribution in [3.05, 3.63) is 36.9 Å². The summed E-state index contributed by atoms with van der Waals surface area (Å²) in [6, 6.07) is 5.23. The van der Waals surface area contributed by atoms with Crippen molar-refractivity contribution < 1.29 is 40.8 Å². The number of amides is 1. The number of esters is 1. The Morgan fingerprint density at radius 3 is 2.61 bits per heavy atom. The van der Waals surface area contributed by atoms with Crippen LogP contribution < -0.4 is 10.1 Å². The highest BCUT2D eigenvalue weighted by Crippen LogP contribution is 2.21. The number of halogens is 2. The Kier molecular flexibility index (Phi) is 5.76. The molecule has 23 heavy (non-hydrogen) atoms. The molecule has 126 valence electrons. The topological polar surface area (TPSA) is 122 Å². The van der Waals surface area contributed by atoms with Gasteiger partial charge in [-0.15, -0.1) is 0 Å². The molecule has 0 radical (unpaired) electrons. The van der Waals surface area contributed by atoms with Crippen LogP contribution in [0.1, 0.15) is 0 Å². The summed E-state index contributed by atoms with van der Waals surface area (Å²) in [5, 5.41) is -2.76. The van der Waals surface area contributed by atoms with Gasteiger partial charge in [0, 0.05) is 17.8 Å². The Labute approximate surface area is 129 Å². The monoisotopic (exact) mass is 350 g/mol. The fraction of sp³-hybridized carbons (Fsp3) is 0.167. The molecule has 1 rings (SSSR count). The van der Waals surface area contributed by atoms with Crippen molar-refractivity contribution in [1.82, 2.24) is 0 Å². The van der Waals surface area contributed by atoms with Crippen LogP contribution in [0.15, 0.2) is 36.9 Å². The van der Waals surface area contributed by atoms with Gasteiger partial charge in [0.15, 0.2) is 16.7 Å². The third-order valence-electron chi connectivity index (χ3n) is 2.20. The van der Waals surface area contributed by atoms with Crippen molar-refractivity contribution in [1.29, 1.82) is 0 Å². The lowest BCUT2D eigenvalue weighted by atomic mass is 10.3. The highest BCUT2D eigenvalue weighted by molar-refractivity contribution is 7.86. The SMILES string of the molecule is C=CC(=O)Oc1cccc(NC(=O)OCC(F)(F)S(=O)(=O)[O-])c1. The molecule has 0 unspecified atom stereocenters. The quantitative estimate of drug-likeness (QED) is 0.357. The number of benzene rings is 1. The number of ether oxygens (including phenoxy) is 2. The zero-order chi connectivity index (χ0) is 17.7. The van der Waals surface area contributed by atoms with E-state index in [0.717, 1.165) is 6.08 Å². The minimum absolute atomic E-state index is 0.0117. The van der Waals surface area contributed by atoms with Gasteiger partial charge in [-0.25, -0.2) is 18.0 Å². The fourth-order valence-electron chi connectivity index (χ4n) is 1.17. The Bertz CT molecular complexity index is 718. The van der Waals surface area contributed by atoms with Crippen LogP contribution in [-0.2, 0) is 19.6 Å². The highest BCUT2D eigenvalue weighted by atomic mass is 32.2. The summed E-state index contributed by atoms with van der Waals surface area (Å²) in [5.74, 6) is -0.731. The van der Waals surface area contributed by atoms with Crippen molar-refractivity contribution in [3.8, 4) is 5.75 Å². The molecule has 0 spiro atoms. The first kappa shape index (κ1) is 18.5. The van der Waals surface area contributed by atoms with Gasteiger partial charge in [0.1, 0.15) is 5.75 Å². The van der Waals surface area contributed by atoms with Crippen LogP contribution in [0.5, 0.6) is 5.75 Å². The second kappa shape index (κ2) is 7.15. The summed E-state index contributed by atoms with van der Waals surface area (Å²) < 4.78 is 65.0. The van der Waals surface area contributed by atoms with E-state index in [1.807, 2.05) is 5.32 Å². The maximum atomic E-state index is 12.8. The van der Waals surface area contributed by atoms with Crippen molar-refractivity contribution >= 4 is 27.9 Å². The molecule has 0 saturated heterocycles. The van der Waals surface area contributed by atoms with Crippen molar-refractivity contribution in [2.24, 2.45) is 0 Å². The minimum Gasteiger partial charge on any atom is -0.743 e. The average Bonchev–Trinajstić information content (AvgIpc) is 2.44. The van der Waals surface area contributed by atoms with E-state index >= 15 is 0 Å². The number of rotatable bonds is 6. The van der Waals surface area contributed by atoms with Gasteiger partial charge in [0.2, 0.25) is 0 Å². The predicted molar refractivity (Wildman–Crippen MR) is 71.9 cm³/mol. The standard InChI is InChI=1S/C12H11F2NO7S/c1-2-10(16)22-9-5-3-4-8(6-9)15-11(17)21-7-12(13,14)23(18,19)20/h2-6H,1,7H2,(H,15,17)(H,18,19,20)/p-1. The molecule has 0 fully saturated rings. The molecule has 1 aromatic carbocycles. The molecule has 0 atom stereocenters. The number of carbonyl (C=O) groups excluding carboxylic acids is 2. The highest BCUT2D eigenvalue weighted by Gasteiger charge is 2.39. The maximum Gasteiger partial charge on any atom is 0.411 e. The summed E-state index contributed by atoms with van der Waals surface area (Å²) in [5.41, 5.74) is 0.0117. The number of anilines is 1. The van der Waals surface area contributed by atoms with Crippen LogP contribution in [-0.4, -0.2) is 36.9 Å². The molecule has 0 aromatic heterocycles. The molecule has 0 aliphatic carbocycles. The molecule has 0 bridgehead atoms. The van der Waals surface area contributed by atoms with Crippen LogP contribution in [0.4, 0.5) is 19.3 Å². The molecule has 1 amide bonds. The maximum absolute atomic E-state index is 12.8. The molecule has 0 aliphatic rings. The third kappa shape index (κ3) is 5.64. The van der Waals surface area contributed by atoms with Gasteiger partial charge in [-0.2, -0.15) is 8.78 Å². The first-order valence-corrected chi connectivity index (χ1v) is 7.17. The second-order valence-corrected chi connectivity index (χ2v) is 5.45. The van der Waals surface area contributed by atoms with Crippen LogP contribution in [0.25, 0.3) is 0 Å². The van der Waals surface area contributed by atoms with Crippen molar-refractivity contribution in [3.63, 3.8) is 0 Å². The largest absolute Gasteiger partial charge is 0.743 e. The van der Waals surface area contributed by atoms with E-state index in [4.69, 9.17) is 4.74 Å². The van der Waals surface area contributed by atoms with Crippen LogP contribution >= 0.6 is 0 Å². The number of nitrogens with one attached hydrogen (secondary N) is 1. The summed E-state index contributed by atoms with van der Waals surface area (Å²) >= 11 is 0. The first-order valence-electron chi connectivity index (χ1n) is 5.76. The lowest BCUT2D eigenvalue weighted by Crippen LogP contribution is -2.35. The van der Waals surface area contributed by atoms with Gasteiger partial charge in [-0.05, 0) is 12.1 Å². The second-order valence-electron chi connectivity index (χ2n) is 3.95. The van der Waals surface area contributed by atoms with Gasteiger partial charge >= 0.3 is 17.3 Å². The van der Waals surface area contributed by atoms with Gasteiger partial charge in [0.05, 0.1) is 0 Å². The van der Waals surface area contributed by atoms with Crippen LogP contribution in [0.2, 0.25) is 0 Å². The molecule has 1 aromatic rings. The van der Waals surface area contributed by atoms with E-state index in [1.165, 1.54) is 24.3 Å². The molecular formula is C12H10F2NO7S-. The first-order chi connectivity index (χ1) is 10.5. The Morgan fingerprint density at radius 1 is 1.39 bits per heavy atom. The Hall–Kier alpha value is -2.53. The van der Waals surface area contributed by atoms with Gasteiger partial charge in [-0.3, -0.25) is 5.32 Å². The van der Waals surface area contributed by atoms with Gasteiger partial charge in [0.25, 0.3) is 0 Å².